The quantitative estimate of drug-likeness (QED) is 0.0798. The third kappa shape index (κ3) is 8.53. The molecule has 6 heterocycles. The minimum atomic E-state index is -1.73. The van der Waals surface area contributed by atoms with Crippen molar-refractivity contribution in [2.45, 2.75) is 89.1 Å². The first kappa shape index (κ1) is 44.7. The number of nitrogen functional groups attached to an aromatic ring is 2. The maximum atomic E-state index is 11.8. The zero-order valence-electron chi connectivity index (χ0n) is 34.4. The number of aliphatic hydroxyl groups is 1. The number of benzene rings is 2. The highest BCUT2D eigenvalue weighted by atomic mass is 35.5. The highest BCUT2D eigenvalue weighted by molar-refractivity contribution is 6.40. The van der Waals surface area contributed by atoms with Crippen LogP contribution in [0.15, 0.2) is 123 Å². The Balaban J connectivity index is 0.000000189. The van der Waals surface area contributed by atoms with E-state index in [0.717, 1.165) is 28.8 Å². The summed E-state index contributed by atoms with van der Waals surface area (Å²) in [5, 5.41) is 20.7. The molecule has 2 saturated heterocycles. The summed E-state index contributed by atoms with van der Waals surface area (Å²) in [4.78, 5) is 8.09. The monoisotopic (exact) mass is 856 g/mol. The van der Waals surface area contributed by atoms with Gasteiger partial charge >= 0.3 is 0 Å². The lowest BCUT2D eigenvalue weighted by atomic mass is 9.83. The Morgan fingerprint density at radius 2 is 1.27 bits per heavy atom. The predicted octanol–water partition coefficient (Wildman–Crippen LogP) is 8.40. The number of nitrogens with two attached hydrogens (primary N) is 2. The maximum Gasteiger partial charge on any atom is 0.238 e. The van der Waals surface area contributed by atoms with E-state index in [1.54, 1.807) is 27.2 Å². The third-order valence-electron chi connectivity index (χ3n) is 11.9. The highest BCUT2D eigenvalue weighted by Crippen LogP contribution is 2.51. The van der Waals surface area contributed by atoms with E-state index < -0.39 is 23.1 Å². The summed E-state index contributed by atoms with van der Waals surface area (Å²) in [6, 6.07) is 27.5. The lowest BCUT2D eigenvalue weighted by molar-refractivity contribution is -0.262. The van der Waals surface area contributed by atoms with E-state index in [4.69, 9.17) is 53.6 Å². The number of alkyl halides is 2. The number of fused-ring (bicyclic) bond motifs is 2. The molecule has 0 amide bonds. The van der Waals surface area contributed by atoms with Crippen LogP contribution in [0.5, 0.6) is 0 Å². The molecule has 6 aromatic rings. The lowest BCUT2D eigenvalue weighted by Gasteiger charge is -2.30. The van der Waals surface area contributed by atoms with Crippen molar-refractivity contribution in [3.63, 3.8) is 0 Å². The highest BCUT2D eigenvalue weighted by Gasteiger charge is 2.61. The fourth-order valence-corrected chi connectivity index (χ4v) is 8.39. The van der Waals surface area contributed by atoms with Crippen molar-refractivity contribution in [3.05, 3.63) is 145 Å². The summed E-state index contributed by atoms with van der Waals surface area (Å²) in [6.07, 6.45) is 6.88. The van der Waals surface area contributed by atoms with Gasteiger partial charge in [-0.25, -0.2) is 19.0 Å². The Morgan fingerprint density at radius 3 is 1.82 bits per heavy atom. The first-order valence-corrected chi connectivity index (χ1v) is 21.0. The maximum absolute atomic E-state index is 11.8. The van der Waals surface area contributed by atoms with Crippen molar-refractivity contribution < 1.29 is 24.1 Å². The molecule has 8 atom stereocenters. The molecule has 4 aromatic heterocycles. The van der Waals surface area contributed by atoms with Gasteiger partial charge in [0.2, 0.25) is 5.79 Å². The van der Waals surface area contributed by atoms with Crippen molar-refractivity contribution in [1.29, 1.82) is 0 Å². The third-order valence-corrected chi connectivity index (χ3v) is 11.9. The molecular weight excluding hydrogens is 803 g/mol. The van der Waals surface area contributed by atoms with E-state index in [9.17, 15) is 5.11 Å². The normalized spacial score (nSPS) is 27.2. The van der Waals surface area contributed by atoms with Gasteiger partial charge in [0.1, 0.15) is 41.6 Å². The fraction of sp³-hybridized carbons (Fsp3) is 0.378. The van der Waals surface area contributed by atoms with E-state index in [-0.39, 0.29) is 29.4 Å². The Morgan fingerprint density at radius 1 is 0.750 bits per heavy atom. The fourth-order valence-electron chi connectivity index (χ4n) is 8.39. The van der Waals surface area contributed by atoms with Crippen LogP contribution < -0.4 is 11.5 Å². The molecule has 2 fully saturated rings. The van der Waals surface area contributed by atoms with E-state index in [1.807, 2.05) is 80.6 Å². The Bertz CT molecular complexity index is 2350. The second-order valence-electron chi connectivity index (χ2n) is 14.9. The zero-order valence-corrected chi connectivity index (χ0v) is 35.9. The molecule has 0 bridgehead atoms. The first-order valence-electron chi connectivity index (χ1n) is 19.9. The number of nitrogens with zero attached hydrogens (tertiary/aromatic N) is 6. The van der Waals surface area contributed by atoms with Gasteiger partial charge in [-0.15, -0.1) is 36.4 Å². The molecule has 15 heteroatoms. The average Bonchev–Trinajstić information content (AvgIpc) is 4.03. The van der Waals surface area contributed by atoms with Gasteiger partial charge in [-0.05, 0) is 48.2 Å². The minimum absolute atomic E-state index is 0.133. The van der Waals surface area contributed by atoms with E-state index in [0.29, 0.717) is 42.5 Å². The molecule has 8 rings (SSSR count). The van der Waals surface area contributed by atoms with Gasteiger partial charge in [-0.2, -0.15) is 10.2 Å². The molecule has 60 heavy (non-hydrogen) atoms. The van der Waals surface area contributed by atoms with Gasteiger partial charge in [0.15, 0.2) is 11.6 Å². The first-order chi connectivity index (χ1) is 29.0. The summed E-state index contributed by atoms with van der Waals surface area (Å²) < 4.78 is 29.0. The Hall–Kier alpha value is -4.86. The average molecular weight is 858 g/mol. The predicted molar refractivity (Wildman–Crippen MR) is 235 cm³/mol. The van der Waals surface area contributed by atoms with Crippen LogP contribution in [0.25, 0.3) is 11.0 Å². The number of rotatable bonds is 12. The summed E-state index contributed by atoms with van der Waals surface area (Å²) in [7, 11) is 0. The SMILES string of the molecule is C=C[C@]1(CC)OC(O)(c2ccc3c(N)ncnn23)C(OCc2ccccc2)[C@@H]1C.C=C[C@]1(CC)O[C@@H](c2ccc3c(N)ncnn23)C(OCc2ccccc2)[C@@H]1C.ClCCl. The molecule has 2 aliphatic rings. The van der Waals surface area contributed by atoms with Crippen LogP contribution in [-0.4, -0.2) is 63.1 Å². The smallest absolute Gasteiger partial charge is 0.238 e. The molecule has 2 aliphatic heterocycles. The van der Waals surface area contributed by atoms with Crippen molar-refractivity contribution in [2.24, 2.45) is 11.8 Å². The molecule has 0 aliphatic carbocycles. The standard InChI is InChI=1S/C22H26N4O3.C22H26N4O2.CH2Cl2/c1-4-21(5-2)15(3)19(28-13-16-9-7-6-8-10-16)22(27,29-21)18-12-11-17-20(23)24-14-25-26(17)18;1-4-22(5-2)15(3)19(27-13-16-9-7-6-8-10-16)20(28-22)17-11-12-18-21(23)24-14-25-26(17)18;2-1-3/h4,6-12,14-15,19,27H,1,5,13H2,2-3H3,(H2,23,24,25);4,6-12,14-15,19-20H,1,5,13H2,2-3H3,(H2,23,24,25);1H2/t15-,19?,21+,22?;15-,19?,20-,22+;/m00./s1. The van der Waals surface area contributed by atoms with Gasteiger partial charge in [0.25, 0.3) is 0 Å². The molecule has 2 aromatic carbocycles. The van der Waals surface area contributed by atoms with Gasteiger partial charge in [0, 0.05) is 11.8 Å². The lowest BCUT2D eigenvalue weighted by Crippen LogP contribution is -2.41. The van der Waals surface area contributed by atoms with Crippen molar-refractivity contribution in [3.8, 4) is 0 Å². The Kier molecular flexibility index (Phi) is 14.3. The van der Waals surface area contributed by atoms with Crippen LogP contribution in [0.3, 0.4) is 0 Å². The van der Waals surface area contributed by atoms with Crippen LogP contribution in [0, 0.1) is 11.8 Å². The topological polar surface area (TPSA) is 170 Å². The van der Waals surface area contributed by atoms with Gasteiger partial charge in [0.05, 0.1) is 41.6 Å². The summed E-state index contributed by atoms with van der Waals surface area (Å²) in [6.45, 7) is 17.2. The number of hydrogen-bond donors (Lipinski definition) is 3. The number of halogens is 2. The molecule has 0 radical (unpaired) electrons. The molecule has 13 nitrogen and oxygen atoms in total. The van der Waals surface area contributed by atoms with Gasteiger partial charge < -0.3 is 35.5 Å². The van der Waals surface area contributed by atoms with Crippen LogP contribution >= 0.6 is 23.2 Å². The van der Waals surface area contributed by atoms with E-state index in [2.05, 4.69) is 59.3 Å². The summed E-state index contributed by atoms with van der Waals surface area (Å²) in [5.41, 5.74) is 15.7. The molecular formula is C45H54Cl2N8O5. The number of anilines is 2. The van der Waals surface area contributed by atoms with Crippen LogP contribution in [0.2, 0.25) is 0 Å². The summed E-state index contributed by atoms with van der Waals surface area (Å²) >= 11 is 9.53. The minimum Gasteiger partial charge on any atom is -0.382 e. The molecule has 3 unspecified atom stereocenters. The van der Waals surface area contributed by atoms with Crippen LogP contribution in [0.1, 0.15) is 69.2 Å². The zero-order chi connectivity index (χ0) is 43.1. The van der Waals surface area contributed by atoms with Gasteiger partial charge in [-0.1, -0.05) is 101 Å². The molecule has 5 N–H and O–H groups in total. The van der Waals surface area contributed by atoms with Crippen LogP contribution in [0.4, 0.5) is 11.6 Å². The second-order valence-corrected chi connectivity index (χ2v) is 15.7. The van der Waals surface area contributed by atoms with E-state index >= 15 is 0 Å². The molecule has 0 saturated carbocycles. The van der Waals surface area contributed by atoms with Crippen molar-refractivity contribution >= 4 is 45.9 Å². The largest absolute Gasteiger partial charge is 0.382 e. The van der Waals surface area contributed by atoms with E-state index in [1.165, 1.54) is 12.7 Å². The number of hydrogen-bond acceptors (Lipinski definition) is 11. The summed E-state index contributed by atoms with van der Waals surface area (Å²) in [5.74, 6) is -0.976. The Labute approximate surface area is 360 Å². The van der Waals surface area contributed by atoms with Gasteiger partial charge in [-0.3, -0.25) is 0 Å². The second kappa shape index (κ2) is 19.2. The van der Waals surface area contributed by atoms with Crippen molar-refractivity contribution in [1.82, 2.24) is 29.2 Å². The number of aromatic nitrogens is 6. The molecule has 318 valence electrons. The molecule has 0 spiro atoms. The van der Waals surface area contributed by atoms with Crippen LogP contribution in [-0.2, 0) is 37.9 Å². The number of ether oxygens (including phenoxy) is 4. The van der Waals surface area contributed by atoms with Crippen molar-refractivity contribution in [2.75, 3.05) is 16.8 Å².